The zero-order valence-electron chi connectivity index (χ0n) is 11.4. The Bertz CT molecular complexity index is 933. The highest BCUT2D eigenvalue weighted by Gasteiger charge is 2.14. The van der Waals surface area contributed by atoms with Crippen LogP contribution in [-0.4, -0.2) is 9.90 Å². The van der Waals surface area contributed by atoms with Crippen LogP contribution >= 0.6 is 11.3 Å². The topological polar surface area (TPSA) is 21.7 Å². The Morgan fingerprint density at radius 3 is 2.75 bits per heavy atom. The maximum atomic E-state index is 4.24. The van der Waals surface area contributed by atoms with Crippen molar-refractivity contribution in [2.45, 2.75) is 6.92 Å². The van der Waals surface area contributed by atoms with E-state index in [0.717, 1.165) is 0 Å². The second-order valence-electron chi connectivity index (χ2n) is 4.98. The van der Waals surface area contributed by atoms with Gasteiger partial charge in [0.1, 0.15) is 0 Å². The molecule has 20 heavy (non-hydrogen) atoms. The fourth-order valence-corrected chi connectivity index (χ4v) is 3.81. The number of benzene rings is 2. The highest BCUT2D eigenvalue weighted by molar-refractivity contribution is 7.25. The van der Waals surface area contributed by atoms with Crippen LogP contribution in [0.3, 0.4) is 0 Å². The summed E-state index contributed by atoms with van der Waals surface area (Å²) in [5.74, 6) is 0. The summed E-state index contributed by atoms with van der Waals surface area (Å²) >= 11 is 1.84. The first-order chi connectivity index (χ1) is 9.74. The summed E-state index contributed by atoms with van der Waals surface area (Å²) in [5, 5.41) is 6.93. The minimum atomic E-state index is 1.18. The van der Waals surface area contributed by atoms with E-state index in [9.17, 15) is 0 Å². The van der Waals surface area contributed by atoms with Crippen molar-refractivity contribution in [2.75, 3.05) is 0 Å². The van der Waals surface area contributed by atoms with E-state index in [2.05, 4.69) is 53.1 Å². The van der Waals surface area contributed by atoms with Gasteiger partial charge in [-0.05, 0) is 29.4 Å². The van der Waals surface area contributed by atoms with Crippen LogP contribution in [-0.2, 0) is 7.05 Å². The molecule has 0 aliphatic heterocycles. The smallest absolute Gasteiger partial charge is 0.135 e. The zero-order chi connectivity index (χ0) is 13.7. The van der Waals surface area contributed by atoms with Crippen LogP contribution in [0.15, 0.2) is 48.8 Å². The first-order valence-electron chi connectivity index (χ1n) is 6.56. The van der Waals surface area contributed by atoms with Crippen LogP contribution in [0.1, 0.15) is 5.56 Å². The lowest BCUT2D eigenvalue weighted by Crippen LogP contribution is -2.39. The highest BCUT2D eigenvalue weighted by atomic mass is 32.1. The van der Waals surface area contributed by atoms with Crippen molar-refractivity contribution in [1.82, 2.24) is 9.90 Å². The summed E-state index contributed by atoms with van der Waals surface area (Å²) in [6, 6.07) is 13.1. The molecule has 3 nitrogen and oxygen atoms in total. The van der Waals surface area contributed by atoms with Crippen molar-refractivity contribution in [3.8, 4) is 5.69 Å². The Morgan fingerprint density at radius 1 is 1.10 bits per heavy atom. The number of hydrogen-bond acceptors (Lipinski definition) is 2. The minimum Gasteiger partial charge on any atom is -0.135 e. The standard InChI is InChI=1S/C16H14N3S/c1-11-9-13-12-5-3-4-6-15(12)20-16(13)10-14(11)19-8-7-17-18(19)2/h3-10H,1-2H3/q+1. The van der Waals surface area contributed by atoms with Crippen LogP contribution < -0.4 is 4.68 Å². The maximum absolute atomic E-state index is 4.24. The quantitative estimate of drug-likeness (QED) is 0.490. The predicted molar refractivity (Wildman–Crippen MR) is 82.4 cm³/mol. The lowest BCUT2D eigenvalue weighted by atomic mass is 10.1. The Labute approximate surface area is 120 Å². The Morgan fingerprint density at radius 2 is 1.95 bits per heavy atom. The van der Waals surface area contributed by atoms with E-state index in [4.69, 9.17) is 0 Å². The first kappa shape index (κ1) is 11.6. The molecule has 0 saturated carbocycles. The molecular formula is C16H14N3S+. The van der Waals surface area contributed by atoms with Gasteiger partial charge in [0.05, 0.1) is 7.05 Å². The Hall–Kier alpha value is -2.20. The minimum absolute atomic E-state index is 1.18. The molecule has 0 radical (unpaired) electrons. The fourth-order valence-electron chi connectivity index (χ4n) is 2.69. The van der Waals surface area contributed by atoms with Crippen molar-refractivity contribution in [2.24, 2.45) is 7.05 Å². The third kappa shape index (κ3) is 1.58. The zero-order valence-corrected chi connectivity index (χ0v) is 12.2. The van der Waals surface area contributed by atoms with Crippen LogP contribution in [0.25, 0.3) is 25.9 Å². The molecule has 0 fully saturated rings. The van der Waals surface area contributed by atoms with E-state index >= 15 is 0 Å². The second-order valence-corrected chi connectivity index (χ2v) is 6.06. The highest BCUT2D eigenvalue weighted by Crippen LogP contribution is 2.35. The number of aryl methyl sites for hydroxylation is 2. The molecule has 4 aromatic rings. The van der Waals surface area contributed by atoms with Crippen molar-refractivity contribution in [3.63, 3.8) is 0 Å². The second kappa shape index (κ2) is 4.15. The van der Waals surface area contributed by atoms with Crippen LogP contribution in [0.4, 0.5) is 0 Å². The van der Waals surface area contributed by atoms with Gasteiger partial charge in [-0.2, -0.15) is 0 Å². The Balaban J connectivity index is 2.08. The average molecular weight is 280 g/mol. The van der Waals surface area contributed by atoms with E-state index in [-0.39, 0.29) is 0 Å². The maximum Gasteiger partial charge on any atom is 0.206 e. The molecular weight excluding hydrogens is 266 g/mol. The molecule has 2 aromatic carbocycles. The Kier molecular flexibility index (Phi) is 2.41. The summed E-state index contributed by atoms with van der Waals surface area (Å²) < 4.78 is 4.73. The summed E-state index contributed by atoms with van der Waals surface area (Å²) in [6.45, 7) is 2.15. The number of nitrogens with zero attached hydrogens (tertiary/aromatic N) is 3. The van der Waals surface area contributed by atoms with Gasteiger partial charge >= 0.3 is 0 Å². The fraction of sp³-hybridized carbons (Fsp3) is 0.125. The first-order valence-corrected chi connectivity index (χ1v) is 7.38. The van der Waals surface area contributed by atoms with E-state index < -0.39 is 0 Å². The molecule has 0 aliphatic rings. The van der Waals surface area contributed by atoms with E-state index in [1.807, 2.05) is 35.6 Å². The molecule has 0 bridgehead atoms. The van der Waals surface area contributed by atoms with Crippen molar-refractivity contribution in [3.05, 3.63) is 54.4 Å². The van der Waals surface area contributed by atoms with Crippen molar-refractivity contribution in [1.29, 1.82) is 0 Å². The number of hydrogen-bond donors (Lipinski definition) is 0. The molecule has 4 heteroatoms. The van der Waals surface area contributed by atoms with Crippen molar-refractivity contribution < 1.29 is 4.68 Å². The third-order valence-corrected chi connectivity index (χ3v) is 4.83. The van der Waals surface area contributed by atoms with Gasteiger partial charge < -0.3 is 0 Å². The molecule has 0 N–H and O–H groups in total. The molecule has 2 aromatic heterocycles. The van der Waals surface area contributed by atoms with Gasteiger partial charge in [0.2, 0.25) is 6.20 Å². The summed E-state index contributed by atoms with van der Waals surface area (Å²) in [5.41, 5.74) is 2.44. The number of aromatic nitrogens is 3. The SMILES string of the molecule is Cc1cc2c(cc1-[n+]1ccnn1C)sc1ccccc12. The summed E-state index contributed by atoms with van der Waals surface area (Å²) in [7, 11) is 1.95. The molecule has 0 unspecified atom stereocenters. The molecule has 0 spiro atoms. The van der Waals surface area contributed by atoms with E-state index in [1.54, 1.807) is 0 Å². The number of fused-ring (bicyclic) bond motifs is 3. The molecule has 98 valence electrons. The van der Waals surface area contributed by atoms with E-state index in [0.29, 0.717) is 0 Å². The van der Waals surface area contributed by atoms with Crippen LogP contribution in [0, 0.1) is 6.92 Å². The third-order valence-electron chi connectivity index (χ3n) is 3.70. The predicted octanol–water partition coefficient (Wildman–Crippen LogP) is 3.37. The number of rotatable bonds is 1. The van der Waals surface area contributed by atoms with Crippen LogP contribution in [0.5, 0.6) is 0 Å². The van der Waals surface area contributed by atoms with Gasteiger partial charge in [0, 0.05) is 31.3 Å². The van der Waals surface area contributed by atoms with Gasteiger partial charge in [-0.25, -0.2) is 0 Å². The largest absolute Gasteiger partial charge is 0.206 e. The molecule has 0 amide bonds. The molecule has 2 heterocycles. The summed E-state index contributed by atoms with van der Waals surface area (Å²) in [4.78, 5) is 1.85. The van der Waals surface area contributed by atoms with Crippen LogP contribution in [0.2, 0.25) is 0 Å². The van der Waals surface area contributed by atoms with Gasteiger partial charge in [0.15, 0.2) is 11.9 Å². The van der Waals surface area contributed by atoms with E-state index in [1.165, 1.54) is 31.4 Å². The van der Waals surface area contributed by atoms with Gasteiger partial charge in [-0.3, -0.25) is 0 Å². The monoisotopic (exact) mass is 280 g/mol. The average Bonchev–Trinajstić information content (AvgIpc) is 3.01. The lowest BCUT2D eigenvalue weighted by Gasteiger charge is -2.03. The molecule has 0 atom stereocenters. The number of thiophene rings is 1. The summed E-state index contributed by atoms with van der Waals surface area (Å²) in [6.07, 6.45) is 3.80. The van der Waals surface area contributed by atoms with Crippen molar-refractivity contribution >= 4 is 31.5 Å². The molecule has 4 rings (SSSR count). The van der Waals surface area contributed by atoms with Gasteiger partial charge in [0.25, 0.3) is 0 Å². The van der Waals surface area contributed by atoms with Gasteiger partial charge in [-0.15, -0.1) is 16.0 Å². The van der Waals surface area contributed by atoms with Gasteiger partial charge in [-0.1, -0.05) is 18.2 Å². The molecule has 0 aliphatic carbocycles. The lowest BCUT2D eigenvalue weighted by molar-refractivity contribution is -0.688. The normalized spacial score (nSPS) is 11.5. The molecule has 0 saturated heterocycles.